The summed E-state index contributed by atoms with van der Waals surface area (Å²) in [6.45, 7) is 7.45. The van der Waals surface area contributed by atoms with E-state index < -0.39 is 5.91 Å². The Balaban J connectivity index is 3.05. The number of nitrogens with two attached hydrogens (primary N) is 1. The second-order valence-corrected chi connectivity index (χ2v) is 7.28. The highest BCUT2D eigenvalue weighted by molar-refractivity contribution is 5.91. The molecule has 0 spiro atoms. The van der Waals surface area contributed by atoms with Crippen LogP contribution in [-0.2, 0) is 9.53 Å². The molecule has 0 aliphatic carbocycles. The number of rotatable bonds is 20. The van der Waals surface area contributed by atoms with Crippen LogP contribution in [0, 0.1) is 0 Å². The number of carbonyl (C=O) groups is 1. The molecule has 0 saturated carbocycles. The van der Waals surface area contributed by atoms with Gasteiger partial charge in [-0.2, -0.15) is 0 Å². The second kappa shape index (κ2) is 19.5. The van der Waals surface area contributed by atoms with E-state index in [0.717, 1.165) is 19.4 Å². The first-order valence-corrected chi connectivity index (χ1v) is 10.7. The maximum atomic E-state index is 10.8. The van der Waals surface area contributed by atoms with E-state index >= 15 is 0 Å². The van der Waals surface area contributed by atoms with Gasteiger partial charge in [-0.3, -0.25) is 4.79 Å². The molecule has 0 aromatic carbocycles. The second-order valence-electron chi connectivity index (χ2n) is 7.28. The lowest BCUT2D eigenvalue weighted by Gasteiger charge is -2.05. The minimum absolute atomic E-state index is 0.396. The number of unbranched alkanes of at least 4 members (excludes halogenated alkanes) is 13. The molecule has 0 aromatic heterocycles. The van der Waals surface area contributed by atoms with Gasteiger partial charge >= 0.3 is 0 Å². The highest BCUT2D eigenvalue weighted by Crippen LogP contribution is 2.13. The summed E-state index contributed by atoms with van der Waals surface area (Å²) in [5.74, 6) is -0.396. The summed E-state index contributed by atoms with van der Waals surface area (Å²) in [4.78, 5) is 10.8. The van der Waals surface area contributed by atoms with Crippen molar-refractivity contribution in [2.45, 2.75) is 110 Å². The van der Waals surface area contributed by atoms with Crippen molar-refractivity contribution < 1.29 is 9.53 Å². The Hall–Kier alpha value is -0.830. The quantitative estimate of drug-likeness (QED) is 0.206. The highest BCUT2D eigenvalue weighted by Gasteiger charge is 2.00. The summed E-state index contributed by atoms with van der Waals surface area (Å²) in [7, 11) is 0. The summed E-state index contributed by atoms with van der Waals surface area (Å²) in [6.07, 6.45) is 20.8. The molecule has 25 heavy (non-hydrogen) atoms. The van der Waals surface area contributed by atoms with Crippen LogP contribution in [0.4, 0.5) is 0 Å². The molecule has 1 amide bonds. The molecule has 3 nitrogen and oxygen atoms in total. The molecule has 0 aromatic rings. The van der Waals surface area contributed by atoms with Gasteiger partial charge in [0.25, 0.3) is 0 Å². The van der Waals surface area contributed by atoms with Crippen molar-refractivity contribution in [2.75, 3.05) is 13.2 Å². The van der Waals surface area contributed by atoms with E-state index in [1.807, 2.05) is 0 Å². The Morgan fingerprint density at radius 3 is 1.56 bits per heavy atom. The molecule has 0 aliphatic rings. The third-order valence-corrected chi connectivity index (χ3v) is 4.76. The van der Waals surface area contributed by atoms with Gasteiger partial charge in [0.2, 0.25) is 5.91 Å². The van der Waals surface area contributed by atoms with Crippen molar-refractivity contribution in [3.63, 3.8) is 0 Å². The summed E-state index contributed by atoms with van der Waals surface area (Å²) in [5.41, 5.74) is 5.63. The maximum Gasteiger partial charge on any atom is 0.244 e. The Kier molecular flexibility index (Phi) is 18.8. The summed E-state index contributed by atoms with van der Waals surface area (Å²) in [5, 5.41) is 0. The lowest BCUT2D eigenvalue weighted by Crippen LogP contribution is -2.13. The fraction of sp³-hybridized carbons (Fsp3) is 0.864. The average molecular weight is 354 g/mol. The van der Waals surface area contributed by atoms with Crippen LogP contribution in [0.25, 0.3) is 0 Å². The Morgan fingerprint density at radius 1 is 0.720 bits per heavy atom. The first-order valence-electron chi connectivity index (χ1n) is 10.7. The van der Waals surface area contributed by atoms with E-state index in [1.54, 1.807) is 0 Å². The van der Waals surface area contributed by atoms with E-state index in [9.17, 15) is 4.79 Å². The van der Waals surface area contributed by atoms with Gasteiger partial charge in [0.05, 0.1) is 0 Å². The minimum Gasteiger partial charge on any atom is -0.381 e. The number of hydrogen-bond donors (Lipinski definition) is 1. The molecule has 0 radical (unpaired) electrons. The van der Waals surface area contributed by atoms with Gasteiger partial charge < -0.3 is 10.5 Å². The number of amides is 1. The van der Waals surface area contributed by atoms with Gasteiger partial charge in [-0.15, -0.1) is 0 Å². The Labute approximate surface area is 156 Å². The number of hydrogen-bond acceptors (Lipinski definition) is 2. The van der Waals surface area contributed by atoms with Gasteiger partial charge in [0, 0.05) is 18.8 Å². The molecule has 0 heterocycles. The van der Waals surface area contributed by atoms with Crippen LogP contribution in [0.2, 0.25) is 0 Å². The normalized spacial score (nSPS) is 10.9. The fourth-order valence-electron chi connectivity index (χ4n) is 3.01. The van der Waals surface area contributed by atoms with Gasteiger partial charge in [-0.05, 0) is 19.3 Å². The van der Waals surface area contributed by atoms with E-state index in [2.05, 4.69) is 13.5 Å². The van der Waals surface area contributed by atoms with Crippen LogP contribution in [0.5, 0.6) is 0 Å². The molecule has 0 aliphatic heterocycles. The summed E-state index contributed by atoms with van der Waals surface area (Å²) in [6, 6.07) is 0. The van der Waals surface area contributed by atoms with E-state index in [1.165, 1.54) is 83.5 Å². The van der Waals surface area contributed by atoms with Gasteiger partial charge in [-0.1, -0.05) is 97.0 Å². The molecule has 148 valence electrons. The first kappa shape index (κ1) is 24.2. The predicted molar refractivity (Wildman–Crippen MR) is 109 cm³/mol. The third-order valence-electron chi connectivity index (χ3n) is 4.76. The maximum absolute atomic E-state index is 10.8. The zero-order valence-corrected chi connectivity index (χ0v) is 16.8. The van der Waals surface area contributed by atoms with Gasteiger partial charge in [0.15, 0.2) is 0 Å². The lowest BCUT2D eigenvalue weighted by atomic mass is 10.0. The zero-order chi connectivity index (χ0) is 18.6. The van der Waals surface area contributed by atoms with E-state index in [0.29, 0.717) is 18.6 Å². The monoisotopic (exact) mass is 353 g/mol. The van der Waals surface area contributed by atoms with Crippen molar-refractivity contribution in [1.29, 1.82) is 0 Å². The molecule has 2 N–H and O–H groups in total. The van der Waals surface area contributed by atoms with Crippen molar-refractivity contribution in [2.24, 2.45) is 5.73 Å². The van der Waals surface area contributed by atoms with Crippen molar-refractivity contribution in [3.8, 4) is 0 Å². The van der Waals surface area contributed by atoms with Crippen LogP contribution in [-0.4, -0.2) is 19.1 Å². The molecule has 3 heteroatoms. The third kappa shape index (κ3) is 19.3. The van der Waals surface area contributed by atoms with Crippen molar-refractivity contribution in [1.82, 2.24) is 0 Å². The van der Waals surface area contributed by atoms with Crippen LogP contribution in [0.1, 0.15) is 110 Å². The number of carbonyl (C=O) groups excluding carboxylic acids is 1. The first-order chi connectivity index (χ1) is 12.2. The largest absolute Gasteiger partial charge is 0.381 e. The molecule has 0 saturated heterocycles. The molecule has 0 rings (SSSR count). The fourth-order valence-corrected chi connectivity index (χ4v) is 3.01. The smallest absolute Gasteiger partial charge is 0.244 e. The van der Waals surface area contributed by atoms with Crippen molar-refractivity contribution in [3.05, 3.63) is 12.2 Å². The average Bonchev–Trinajstić information content (AvgIpc) is 2.60. The standard InChI is InChI=1S/C22H43NO2/c1-3-4-5-6-7-8-9-10-11-12-13-14-15-16-19-25-20-17-18-21(2)22(23)24/h2-20H2,1H3,(H2,23,24). The Bertz CT molecular complexity index is 315. The lowest BCUT2D eigenvalue weighted by molar-refractivity contribution is -0.114. The van der Waals surface area contributed by atoms with Gasteiger partial charge in [-0.25, -0.2) is 0 Å². The van der Waals surface area contributed by atoms with Crippen LogP contribution < -0.4 is 5.73 Å². The van der Waals surface area contributed by atoms with Crippen LogP contribution in [0.3, 0.4) is 0 Å². The summed E-state index contributed by atoms with van der Waals surface area (Å²) >= 11 is 0. The predicted octanol–water partition coefficient (Wildman–Crippen LogP) is 6.31. The summed E-state index contributed by atoms with van der Waals surface area (Å²) < 4.78 is 5.58. The Morgan fingerprint density at radius 2 is 1.12 bits per heavy atom. The molecular weight excluding hydrogens is 310 g/mol. The number of primary amides is 1. The van der Waals surface area contributed by atoms with E-state index in [4.69, 9.17) is 10.5 Å². The molecule has 0 atom stereocenters. The molecule has 0 bridgehead atoms. The number of ether oxygens (including phenoxy) is 1. The van der Waals surface area contributed by atoms with Crippen molar-refractivity contribution >= 4 is 5.91 Å². The minimum atomic E-state index is -0.396. The van der Waals surface area contributed by atoms with Crippen LogP contribution >= 0.6 is 0 Å². The van der Waals surface area contributed by atoms with E-state index in [-0.39, 0.29) is 0 Å². The molecular formula is C22H43NO2. The zero-order valence-electron chi connectivity index (χ0n) is 16.8. The topological polar surface area (TPSA) is 52.3 Å². The SMILES string of the molecule is C=C(CCCOCCCCCCCCCCCCCCCC)C(N)=O. The van der Waals surface area contributed by atoms with Gasteiger partial charge in [0.1, 0.15) is 0 Å². The van der Waals surface area contributed by atoms with Crippen LogP contribution in [0.15, 0.2) is 12.2 Å². The highest BCUT2D eigenvalue weighted by atomic mass is 16.5. The molecule has 0 unspecified atom stereocenters. The molecule has 0 fully saturated rings.